The van der Waals surface area contributed by atoms with Crippen LogP contribution >= 0.6 is 0 Å². The number of hydrogen-bond acceptors (Lipinski definition) is 4. The minimum atomic E-state index is -0.307. The van der Waals surface area contributed by atoms with Crippen LogP contribution in [0.4, 0.5) is 4.39 Å². The molecule has 2 heterocycles. The van der Waals surface area contributed by atoms with E-state index in [0.717, 1.165) is 44.8 Å². The van der Waals surface area contributed by atoms with Crippen LogP contribution in [-0.4, -0.2) is 37.2 Å². The van der Waals surface area contributed by atoms with Crippen molar-refractivity contribution in [3.63, 3.8) is 0 Å². The maximum absolute atomic E-state index is 13.4. The van der Waals surface area contributed by atoms with Gasteiger partial charge in [0.1, 0.15) is 12.4 Å². The summed E-state index contributed by atoms with van der Waals surface area (Å²) in [6.07, 6.45) is 3.94. The van der Waals surface area contributed by atoms with Crippen LogP contribution in [0.15, 0.2) is 47.1 Å². The summed E-state index contributed by atoms with van der Waals surface area (Å²) in [6, 6.07) is 11.0. The lowest BCUT2D eigenvalue weighted by atomic mass is 10.1. The fraction of sp³-hybridized carbons (Fsp3) is 0.444. The summed E-state index contributed by atoms with van der Waals surface area (Å²) in [5, 5.41) is 3.49. The second-order valence-electron chi connectivity index (χ2n) is 5.86. The van der Waals surface area contributed by atoms with Gasteiger partial charge in [-0.2, -0.15) is 0 Å². The fourth-order valence-electron chi connectivity index (χ4n) is 2.90. The van der Waals surface area contributed by atoms with Crippen LogP contribution in [0.1, 0.15) is 18.6 Å². The van der Waals surface area contributed by atoms with Gasteiger partial charge in [0.2, 0.25) is 0 Å². The van der Waals surface area contributed by atoms with Gasteiger partial charge in [0.05, 0.1) is 12.8 Å². The molecule has 1 fully saturated rings. The predicted octanol–water partition coefficient (Wildman–Crippen LogP) is 3.05. The van der Waals surface area contributed by atoms with Gasteiger partial charge in [-0.15, -0.1) is 0 Å². The summed E-state index contributed by atoms with van der Waals surface area (Å²) in [7, 11) is 0. The molecule has 2 aromatic rings. The summed E-state index contributed by atoms with van der Waals surface area (Å²) in [4.78, 5) is 2.41. The number of nitrogens with zero attached hydrogens (tertiary/aromatic N) is 1. The lowest BCUT2D eigenvalue weighted by Crippen LogP contribution is -2.43. The first kappa shape index (κ1) is 16.0. The van der Waals surface area contributed by atoms with Crippen molar-refractivity contribution in [1.82, 2.24) is 10.2 Å². The highest BCUT2D eigenvalue weighted by atomic mass is 19.1. The van der Waals surface area contributed by atoms with Gasteiger partial charge in [0, 0.05) is 25.7 Å². The van der Waals surface area contributed by atoms with Crippen molar-refractivity contribution in [2.45, 2.75) is 25.4 Å². The van der Waals surface area contributed by atoms with Gasteiger partial charge in [0.25, 0.3) is 0 Å². The average Bonchev–Trinajstić information content (AvgIpc) is 3.08. The Kier molecular flexibility index (Phi) is 5.66. The smallest absolute Gasteiger partial charge is 0.165 e. The monoisotopic (exact) mass is 318 g/mol. The molecule has 0 radical (unpaired) electrons. The van der Waals surface area contributed by atoms with Gasteiger partial charge in [0.15, 0.2) is 11.6 Å². The Balaban J connectivity index is 1.31. The van der Waals surface area contributed by atoms with E-state index in [1.54, 1.807) is 24.5 Å². The molecule has 3 rings (SSSR count). The fourth-order valence-corrected chi connectivity index (χ4v) is 2.90. The van der Waals surface area contributed by atoms with Gasteiger partial charge in [-0.1, -0.05) is 12.1 Å². The summed E-state index contributed by atoms with van der Waals surface area (Å²) < 4.78 is 24.3. The molecule has 0 bridgehead atoms. The number of rotatable bonds is 7. The van der Waals surface area contributed by atoms with E-state index in [1.165, 1.54) is 6.07 Å². The molecule has 124 valence electrons. The summed E-state index contributed by atoms with van der Waals surface area (Å²) in [5.41, 5.74) is 0. The molecule has 23 heavy (non-hydrogen) atoms. The van der Waals surface area contributed by atoms with Crippen LogP contribution in [0.3, 0.4) is 0 Å². The molecular formula is C18H23FN2O2. The van der Waals surface area contributed by atoms with Crippen LogP contribution in [0.25, 0.3) is 0 Å². The van der Waals surface area contributed by atoms with Gasteiger partial charge >= 0.3 is 0 Å². The lowest BCUT2D eigenvalue weighted by molar-refractivity contribution is 0.175. The van der Waals surface area contributed by atoms with E-state index in [1.807, 2.05) is 12.1 Å². The average molecular weight is 318 g/mol. The molecule has 1 aliphatic rings. The quantitative estimate of drug-likeness (QED) is 0.796. The van der Waals surface area contributed by atoms with Crippen LogP contribution in [-0.2, 0) is 6.54 Å². The zero-order valence-electron chi connectivity index (χ0n) is 13.2. The van der Waals surface area contributed by atoms with E-state index in [4.69, 9.17) is 9.15 Å². The van der Waals surface area contributed by atoms with E-state index >= 15 is 0 Å². The van der Waals surface area contributed by atoms with Crippen molar-refractivity contribution in [2.75, 3.05) is 26.2 Å². The number of para-hydroxylation sites is 1. The molecule has 0 amide bonds. The molecular weight excluding hydrogens is 295 g/mol. The van der Waals surface area contributed by atoms with Gasteiger partial charge in [-0.3, -0.25) is 4.90 Å². The van der Waals surface area contributed by atoms with E-state index < -0.39 is 0 Å². The normalized spacial score (nSPS) is 16.6. The van der Waals surface area contributed by atoms with Crippen molar-refractivity contribution in [1.29, 1.82) is 0 Å². The molecule has 1 saturated heterocycles. The lowest BCUT2D eigenvalue weighted by Gasteiger charge is -2.31. The van der Waals surface area contributed by atoms with Gasteiger partial charge in [-0.25, -0.2) is 4.39 Å². The molecule has 0 unspecified atom stereocenters. The number of nitrogens with one attached hydrogen (secondary N) is 1. The van der Waals surface area contributed by atoms with Gasteiger partial charge < -0.3 is 14.5 Å². The molecule has 1 N–H and O–H groups in total. The van der Waals surface area contributed by atoms with Crippen molar-refractivity contribution < 1.29 is 13.5 Å². The zero-order valence-corrected chi connectivity index (χ0v) is 13.2. The Morgan fingerprint density at radius 1 is 1.17 bits per heavy atom. The molecule has 4 nitrogen and oxygen atoms in total. The number of benzene rings is 1. The second-order valence-corrected chi connectivity index (χ2v) is 5.86. The third-order valence-corrected chi connectivity index (χ3v) is 4.18. The van der Waals surface area contributed by atoms with Gasteiger partial charge in [-0.05, 0) is 37.1 Å². The summed E-state index contributed by atoms with van der Waals surface area (Å²) >= 11 is 0. The number of piperidine rings is 1. The topological polar surface area (TPSA) is 37.6 Å². The maximum Gasteiger partial charge on any atom is 0.165 e. The number of likely N-dealkylation sites (tertiary alicyclic amines) is 1. The summed E-state index contributed by atoms with van der Waals surface area (Å²) in [5.74, 6) is 1.04. The van der Waals surface area contributed by atoms with E-state index in [9.17, 15) is 4.39 Å². The van der Waals surface area contributed by atoms with Crippen molar-refractivity contribution in [3.05, 3.63) is 54.2 Å². The molecule has 1 aliphatic heterocycles. The third-order valence-electron chi connectivity index (χ3n) is 4.18. The van der Waals surface area contributed by atoms with Crippen LogP contribution < -0.4 is 10.1 Å². The highest BCUT2D eigenvalue weighted by Gasteiger charge is 2.19. The van der Waals surface area contributed by atoms with Crippen LogP contribution in [0.5, 0.6) is 5.75 Å². The number of ether oxygens (including phenoxy) is 1. The largest absolute Gasteiger partial charge is 0.489 e. The predicted molar refractivity (Wildman–Crippen MR) is 86.9 cm³/mol. The first-order valence-corrected chi connectivity index (χ1v) is 8.17. The number of hydrogen-bond donors (Lipinski definition) is 1. The molecule has 0 spiro atoms. The minimum absolute atomic E-state index is 0.307. The molecule has 5 heteroatoms. The summed E-state index contributed by atoms with van der Waals surface area (Å²) in [6.45, 7) is 4.22. The number of furan rings is 1. The molecule has 0 atom stereocenters. The Morgan fingerprint density at radius 3 is 2.74 bits per heavy atom. The number of halogens is 1. The maximum atomic E-state index is 13.4. The Bertz CT molecular complexity index is 580. The van der Waals surface area contributed by atoms with E-state index in [2.05, 4.69) is 10.2 Å². The van der Waals surface area contributed by atoms with Crippen molar-refractivity contribution >= 4 is 0 Å². The molecule has 1 aromatic carbocycles. The van der Waals surface area contributed by atoms with Crippen LogP contribution in [0.2, 0.25) is 0 Å². The Labute approximate surface area is 136 Å². The standard InChI is InChI=1S/C18H23FN2O2/c19-17-5-1-2-6-18(17)23-13-9-20-15-7-10-21(11-8-15)14-16-4-3-12-22-16/h1-6,12,15,20H,7-11,13-14H2. The van der Waals surface area contributed by atoms with Crippen molar-refractivity contribution in [3.8, 4) is 5.75 Å². The molecule has 1 aromatic heterocycles. The molecule has 0 saturated carbocycles. The first-order valence-electron chi connectivity index (χ1n) is 8.17. The first-order chi connectivity index (χ1) is 11.3. The highest BCUT2D eigenvalue weighted by molar-refractivity contribution is 5.23. The van der Waals surface area contributed by atoms with E-state index in [0.29, 0.717) is 18.4 Å². The Morgan fingerprint density at radius 2 is 2.00 bits per heavy atom. The SMILES string of the molecule is Fc1ccccc1OCCNC1CCN(Cc2ccco2)CC1. The minimum Gasteiger partial charge on any atom is -0.489 e. The zero-order chi connectivity index (χ0) is 15.9. The van der Waals surface area contributed by atoms with E-state index in [-0.39, 0.29) is 5.82 Å². The van der Waals surface area contributed by atoms with Crippen LogP contribution in [0, 0.1) is 5.82 Å². The third kappa shape index (κ3) is 4.81. The van der Waals surface area contributed by atoms with Crippen molar-refractivity contribution in [2.24, 2.45) is 0 Å². The Hall–Kier alpha value is -1.85. The molecule has 0 aliphatic carbocycles. The highest BCUT2D eigenvalue weighted by Crippen LogP contribution is 2.16. The second kappa shape index (κ2) is 8.13.